The van der Waals surface area contributed by atoms with E-state index in [1.54, 1.807) is 24.3 Å². The van der Waals surface area contributed by atoms with Crippen molar-refractivity contribution in [1.82, 2.24) is 5.32 Å². The van der Waals surface area contributed by atoms with Crippen molar-refractivity contribution in [2.24, 2.45) is 0 Å². The number of amides is 1. The quantitative estimate of drug-likeness (QED) is 0.870. The van der Waals surface area contributed by atoms with Crippen molar-refractivity contribution in [2.45, 2.75) is 25.8 Å². The predicted octanol–water partition coefficient (Wildman–Crippen LogP) is 3.17. The second-order valence-corrected chi connectivity index (χ2v) is 3.87. The maximum atomic E-state index is 12.3. The Hall–Kier alpha value is -1.16. The Labute approximate surface area is 97.6 Å². The fourth-order valence-electron chi connectivity index (χ4n) is 1.40. The van der Waals surface area contributed by atoms with E-state index in [9.17, 15) is 13.6 Å². The summed E-state index contributed by atoms with van der Waals surface area (Å²) in [5.41, 5.74) is 0.625. The molecule has 0 aromatic heterocycles. The van der Waals surface area contributed by atoms with Crippen LogP contribution < -0.4 is 5.32 Å². The van der Waals surface area contributed by atoms with E-state index in [4.69, 9.17) is 11.6 Å². The minimum Gasteiger partial charge on any atom is -0.349 e. The van der Waals surface area contributed by atoms with E-state index in [0.717, 1.165) is 0 Å². The highest BCUT2D eigenvalue weighted by Crippen LogP contribution is 2.22. The zero-order valence-corrected chi connectivity index (χ0v) is 9.47. The zero-order chi connectivity index (χ0) is 12.1. The molecule has 2 nitrogen and oxygen atoms in total. The minimum atomic E-state index is -2.47. The summed E-state index contributed by atoms with van der Waals surface area (Å²) in [6, 6.07) is 5.81. The summed E-state index contributed by atoms with van der Waals surface area (Å²) in [7, 11) is 0. The first-order valence-corrected chi connectivity index (χ1v) is 5.17. The molecule has 1 unspecified atom stereocenters. The van der Waals surface area contributed by atoms with E-state index < -0.39 is 18.9 Å². The largest absolute Gasteiger partial charge is 0.349 e. The van der Waals surface area contributed by atoms with Crippen LogP contribution >= 0.6 is 11.6 Å². The van der Waals surface area contributed by atoms with Crippen LogP contribution in [0.4, 0.5) is 8.78 Å². The number of alkyl halides is 2. The van der Waals surface area contributed by atoms with E-state index in [1.165, 1.54) is 6.92 Å². The van der Waals surface area contributed by atoms with Crippen LogP contribution in [-0.4, -0.2) is 12.3 Å². The minimum absolute atomic E-state index is 0.333. The number of carbonyl (C=O) groups excluding carboxylic acids is 1. The van der Waals surface area contributed by atoms with Crippen molar-refractivity contribution >= 4 is 17.5 Å². The van der Waals surface area contributed by atoms with Crippen LogP contribution in [0.2, 0.25) is 5.02 Å². The monoisotopic (exact) mass is 247 g/mol. The number of nitrogens with one attached hydrogen (secondary N) is 1. The molecule has 16 heavy (non-hydrogen) atoms. The van der Waals surface area contributed by atoms with Crippen molar-refractivity contribution in [1.29, 1.82) is 0 Å². The number of benzene rings is 1. The van der Waals surface area contributed by atoms with Gasteiger partial charge in [0, 0.05) is 18.4 Å². The smallest absolute Gasteiger partial charge is 0.240 e. The fourth-order valence-corrected chi connectivity index (χ4v) is 1.52. The highest BCUT2D eigenvalue weighted by molar-refractivity contribution is 6.30. The van der Waals surface area contributed by atoms with Crippen molar-refractivity contribution in [2.75, 3.05) is 0 Å². The lowest BCUT2D eigenvalue weighted by Gasteiger charge is -2.17. The zero-order valence-electron chi connectivity index (χ0n) is 8.71. The molecule has 1 amide bonds. The molecule has 0 bridgehead atoms. The maximum absolute atomic E-state index is 12.3. The van der Waals surface area contributed by atoms with Crippen molar-refractivity contribution in [3.05, 3.63) is 34.9 Å². The van der Waals surface area contributed by atoms with Gasteiger partial charge in [-0.3, -0.25) is 4.79 Å². The molecule has 1 aromatic carbocycles. The summed E-state index contributed by atoms with van der Waals surface area (Å²) in [6.07, 6.45) is -2.87. The van der Waals surface area contributed by atoms with Crippen LogP contribution in [-0.2, 0) is 4.79 Å². The molecule has 0 heterocycles. The standard InChI is InChI=1S/C11H12ClF2NO/c1-7(16)15-10(6-11(13)14)8-2-4-9(12)5-3-8/h2-5,10-11H,6H2,1H3,(H,15,16). The Morgan fingerprint density at radius 1 is 1.38 bits per heavy atom. The van der Waals surface area contributed by atoms with Crippen molar-refractivity contribution in [3.63, 3.8) is 0 Å². The molecular formula is C11H12ClF2NO. The van der Waals surface area contributed by atoms with Crippen LogP contribution in [0.3, 0.4) is 0 Å². The highest BCUT2D eigenvalue weighted by atomic mass is 35.5. The van der Waals surface area contributed by atoms with Gasteiger partial charge in [0.15, 0.2) is 0 Å². The number of carbonyl (C=O) groups is 1. The van der Waals surface area contributed by atoms with Gasteiger partial charge in [0.2, 0.25) is 12.3 Å². The SMILES string of the molecule is CC(=O)NC(CC(F)F)c1ccc(Cl)cc1. The van der Waals surface area contributed by atoms with Gasteiger partial charge in [-0.2, -0.15) is 0 Å². The molecule has 0 aliphatic carbocycles. The first-order valence-electron chi connectivity index (χ1n) is 4.79. The summed E-state index contributed by atoms with van der Waals surface area (Å²) in [5, 5.41) is 3.01. The van der Waals surface area contributed by atoms with Gasteiger partial charge in [-0.1, -0.05) is 23.7 Å². The summed E-state index contributed by atoms with van der Waals surface area (Å²) in [5.74, 6) is -0.333. The Kier molecular flexibility index (Phi) is 4.68. The third-order valence-electron chi connectivity index (χ3n) is 2.06. The van der Waals surface area contributed by atoms with Crippen LogP contribution in [0.15, 0.2) is 24.3 Å². The molecule has 0 spiro atoms. The first kappa shape index (κ1) is 12.9. The van der Waals surface area contributed by atoms with E-state index in [1.807, 2.05) is 0 Å². The summed E-state index contributed by atoms with van der Waals surface area (Å²) >= 11 is 5.69. The van der Waals surface area contributed by atoms with Crippen LogP contribution in [0, 0.1) is 0 Å². The molecule has 88 valence electrons. The molecular weight excluding hydrogens is 236 g/mol. The van der Waals surface area contributed by atoms with Gasteiger partial charge in [-0.25, -0.2) is 8.78 Å². The van der Waals surface area contributed by atoms with Gasteiger partial charge in [0.1, 0.15) is 0 Å². The van der Waals surface area contributed by atoms with E-state index >= 15 is 0 Å². The van der Waals surface area contributed by atoms with E-state index in [2.05, 4.69) is 5.32 Å². The fraction of sp³-hybridized carbons (Fsp3) is 0.364. The summed E-state index contributed by atoms with van der Waals surface area (Å²) in [4.78, 5) is 10.9. The lowest BCUT2D eigenvalue weighted by molar-refractivity contribution is -0.119. The Balaban J connectivity index is 2.82. The molecule has 1 aromatic rings. The van der Waals surface area contributed by atoms with Crippen LogP contribution in [0.1, 0.15) is 24.9 Å². The maximum Gasteiger partial charge on any atom is 0.240 e. The second kappa shape index (κ2) is 5.80. The third-order valence-corrected chi connectivity index (χ3v) is 2.32. The lowest BCUT2D eigenvalue weighted by atomic mass is 10.0. The van der Waals surface area contributed by atoms with Gasteiger partial charge in [-0.05, 0) is 17.7 Å². The Bertz CT molecular complexity index is 354. The van der Waals surface area contributed by atoms with Crippen molar-refractivity contribution in [3.8, 4) is 0 Å². The van der Waals surface area contributed by atoms with Gasteiger partial charge in [-0.15, -0.1) is 0 Å². The third kappa shape index (κ3) is 4.14. The molecule has 0 saturated carbocycles. The molecule has 0 aliphatic rings. The molecule has 1 N–H and O–H groups in total. The Morgan fingerprint density at radius 3 is 2.38 bits per heavy atom. The molecule has 0 radical (unpaired) electrons. The molecule has 0 fully saturated rings. The van der Waals surface area contributed by atoms with E-state index in [-0.39, 0.29) is 5.91 Å². The van der Waals surface area contributed by atoms with Crippen LogP contribution in [0.5, 0.6) is 0 Å². The summed E-state index contributed by atoms with van der Waals surface area (Å²) < 4.78 is 24.6. The molecule has 0 saturated heterocycles. The lowest BCUT2D eigenvalue weighted by Crippen LogP contribution is -2.27. The molecule has 1 atom stereocenters. The van der Waals surface area contributed by atoms with E-state index in [0.29, 0.717) is 10.6 Å². The predicted molar refractivity (Wildman–Crippen MR) is 58.6 cm³/mol. The summed E-state index contributed by atoms with van der Waals surface area (Å²) in [6.45, 7) is 1.30. The van der Waals surface area contributed by atoms with Gasteiger partial charge in [0.25, 0.3) is 0 Å². The number of hydrogen-bond acceptors (Lipinski definition) is 1. The number of halogens is 3. The first-order chi connectivity index (χ1) is 7.49. The normalized spacial score (nSPS) is 12.6. The topological polar surface area (TPSA) is 29.1 Å². The molecule has 1 rings (SSSR count). The van der Waals surface area contributed by atoms with Gasteiger partial charge in [0.05, 0.1) is 6.04 Å². The number of hydrogen-bond donors (Lipinski definition) is 1. The van der Waals surface area contributed by atoms with Gasteiger partial charge >= 0.3 is 0 Å². The average molecular weight is 248 g/mol. The molecule has 5 heteroatoms. The molecule has 0 aliphatic heterocycles. The number of rotatable bonds is 4. The van der Waals surface area contributed by atoms with Crippen molar-refractivity contribution < 1.29 is 13.6 Å². The average Bonchev–Trinajstić information content (AvgIpc) is 2.16. The highest BCUT2D eigenvalue weighted by Gasteiger charge is 2.17. The second-order valence-electron chi connectivity index (χ2n) is 3.43. The van der Waals surface area contributed by atoms with Gasteiger partial charge < -0.3 is 5.32 Å². The van der Waals surface area contributed by atoms with Crippen LogP contribution in [0.25, 0.3) is 0 Å². The Morgan fingerprint density at radius 2 is 1.94 bits per heavy atom.